The Labute approximate surface area is 113 Å². The predicted molar refractivity (Wildman–Crippen MR) is 73.8 cm³/mol. The van der Waals surface area contributed by atoms with Gasteiger partial charge in [0.05, 0.1) is 7.05 Å². The van der Waals surface area contributed by atoms with Crippen LogP contribution < -0.4 is 10.1 Å². The number of hydrogen-bond acceptors (Lipinski definition) is 1. The molecule has 0 aliphatic heterocycles. The molecule has 18 heavy (non-hydrogen) atoms. The van der Waals surface area contributed by atoms with Gasteiger partial charge in [0.2, 0.25) is 0 Å². The number of ether oxygens (including phenoxy) is 1. The highest BCUT2D eigenvalue weighted by Gasteiger charge is 2.03. The molecule has 0 fully saturated rings. The number of benzene rings is 2. The first-order valence-corrected chi connectivity index (χ1v) is 6.40. The normalized spacial score (nSPS) is 10.3. The summed E-state index contributed by atoms with van der Waals surface area (Å²) in [6, 6.07) is 15.9. The fourth-order valence-electron chi connectivity index (χ4n) is 1.77. The van der Waals surface area contributed by atoms with E-state index < -0.39 is 0 Å². The Morgan fingerprint density at radius 1 is 1.06 bits per heavy atom. The molecule has 2 nitrogen and oxygen atoms in total. The molecule has 0 bridgehead atoms. The monoisotopic (exact) mass is 262 g/mol. The van der Waals surface area contributed by atoms with Crippen LogP contribution in [0.1, 0.15) is 11.1 Å². The van der Waals surface area contributed by atoms with Gasteiger partial charge in [-0.1, -0.05) is 35.9 Å². The molecule has 2 aromatic carbocycles. The summed E-state index contributed by atoms with van der Waals surface area (Å²) in [6.45, 7) is 1.49. The first-order valence-electron chi connectivity index (χ1n) is 6.02. The van der Waals surface area contributed by atoms with Gasteiger partial charge in [0.15, 0.2) is 0 Å². The van der Waals surface area contributed by atoms with Crippen molar-refractivity contribution in [3.63, 3.8) is 0 Å². The van der Waals surface area contributed by atoms with Crippen LogP contribution >= 0.6 is 11.6 Å². The largest absolute Gasteiger partial charge is 0.488 e. The molecule has 2 aromatic rings. The highest BCUT2D eigenvalue weighted by Crippen LogP contribution is 2.19. The van der Waals surface area contributed by atoms with Gasteiger partial charge in [-0.05, 0) is 29.8 Å². The summed E-state index contributed by atoms with van der Waals surface area (Å²) in [5, 5.41) is 2.88. The van der Waals surface area contributed by atoms with Crippen molar-refractivity contribution >= 4 is 11.6 Å². The van der Waals surface area contributed by atoms with Crippen molar-refractivity contribution in [1.29, 1.82) is 0 Å². The van der Waals surface area contributed by atoms with E-state index in [9.17, 15) is 0 Å². The number of hydrogen-bond donors (Lipinski definition) is 1. The van der Waals surface area contributed by atoms with Crippen molar-refractivity contribution in [1.82, 2.24) is 0 Å². The van der Waals surface area contributed by atoms with E-state index in [1.807, 2.05) is 42.5 Å². The van der Waals surface area contributed by atoms with E-state index >= 15 is 0 Å². The third kappa shape index (κ3) is 3.49. The summed E-state index contributed by atoms with van der Waals surface area (Å²) in [4.78, 5) is 0. The molecule has 0 aromatic heterocycles. The number of para-hydroxylation sites is 1. The summed E-state index contributed by atoms with van der Waals surface area (Å²) in [7, 11) is 2.05. The van der Waals surface area contributed by atoms with Crippen LogP contribution in [-0.4, -0.2) is 7.05 Å². The molecule has 0 saturated carbocycles. The average molecular weight is 263 g/mol. The smallest absolute Gasteiger partial charge is 0.128 e. The van der Waals surface area contributed by atoms with E-state index in [0.29, 0.717) is 6.61 Å². The van der Waals surface area contributed by atoms with Crippen molar-refractivity contribution in [3.8, 4) is 5.75 Å². The van der Waals surface area contributed by atoms with Crippen LogP contribution in [0.4, 0.5) is 0 Å². The molecule has 0 spiro atoms. The lowest BCUT2D eigenvalue weighted by Gasteiger charge is -2.10. The van der Waals surface area contributed by atoms with Crippen LogP contribution in [-0.2, 0) is 13.2 Å². The van der Waals surface area contributed by atoms with Crippen molar-refractivity contribution in [3.05, 3.63) is 64.7 Å². The molecule has 0 amide bonds. The van der Waals surface area contributed by atoms with E-state index in [-0.39, 0.29) is 0 Å². The highest BCUT2D eigenvalue weighted by atomic mass is 35.5. The van der Waals surface area contributed by atoms with Crippen LogP contribution in [0.15, 0.2) is 48.5 Å². The van der Waals surface area contributed by atoms with Gasteiger partial charge in [-0.2, -0.15) is 0 Å². The fraction of sp³-hybridized carbons (Fsp3) is 0.200. The van der Waals surface area contributed by atoms with Crippen molar-refractivity contribution < 1.29 is 10.1 Å². The molecule has 0 saturated heterocycles. The Morgan fingerprint density at radius 3 is 2.50 bits per heavy atom. The summed E-state index contributed by atoms with van der Waals surface area (Å²) in [5.41, 5.74) is 2.34. The third-order valence-corrected chi connectivity index (χ3v) is 2.96. The standard InChI is InChI=1S/C15H16ClNO/c1-17-10-13-4-2-3-5-15(13)18-11-12-6-8-14(16)9-7-12/h2-9,17H,10-11H2,1H3/p+1. The van der Waals surface area contributed by atoms with Crippen molar-refractivity contribution in [2.75, 3.05) is 7.05 Å². The van der Waals surface area contributed by atoms with Crippen molar-refractivity contribution in [2.24, 2.45) is 0 Å². The minimum Gasteiger partial charge on any atom is -0.488 e. The molecule has 0 aliphatic rings. The van der Waals surface area contributed by atoms with Crippen LogP contribution in [0.3, 0.4) is 0 Å². The Balaban J connectivity index is 2.03. The molecule has 0 unspecified atom stereocenters. The average Bonchev–Trinajstić information content (AvgIpc) is 2.40. The topological polar surface area (TPSA) is 25.8 Å². The fourth-order valence-corrected chi connectivity index (χ4v) is 1.90. The Hall–Kier alpha value is -1.51. The maximum Gasteiger partial charge on any atom is 0.128 e. The van der Waals surface area contributed by atoms with E-state index in [0.717, 1.165) is 22.9 Å². The van der Waals surface area contributed by atoms with E-state index in [4.69, 9.17) is 16.3 Å². The van der Waals surface area contributed by atoms with Gasteiger partial charge in [-0.3, -0.25) is 0 Å². The Morgan fingerprint density at radius 2 is 1.78 bits per heavy atom. The minimum atomic E-state index is 0.567. The van der Waals surface area contributed by atoms with Gasteiger partial charge < -0.3 is 10.1 Å². The Kier molecular flexibility index (Phi) is 4.62. The van der Waals surface area contributed by atoms with Crippen LogP contribution in [0.25, 0.3) is 0 Å². The molecule has 0 radical (unpaired) electrons. The lowest BCUT2D eigenvalue weighted by molar-refractivity contribution is -0.643. The minimum absolute atomic E-state index is 0.567. The number of quaternary nitrogens is 1. The molecule has 94 valence electrons. The van der Waals surface area contributed by atoms with Gasteiger partial charge in [-0.25, -0.2) is 0 Å². The van der Waals surface area contributed by atoms with Crippen LogP contribution in [0.5, 0.6) is 5.75 Å². The molecule has 0 aliphatic carbocycles. The van der Waals surface area contributed by atoms with E-state index in [1.165, 1.54) is 5.56 Å². The second-order valence-corrected chi connectivity index (χ2v) is 4.57. The zero-order valence-corrected chi connectivity index (χ0v) is 11.2. The van der Waals surface area contributed by atoms with Gasteiger partial charge in [-0.15, -0.1) is 0 Å². The zero-order chi connectivity index (χ0) is 12.8. The molecule has 3 heteroatoms. The first-order chi connectivity index (χ1) is 8.79. The molecular weight excluding hydrogens is 246 g/mol. The second kappa shape index (κ2) is 6.43. The third-order valence-electron chi connectivity index (χ3n) is 2.70. The van der Waals surface area contributed by atoms with E-state index in [2.05, 4.69) is 18.4 Å². The first kappa shape index (κ1) is 12.9. The lowest BCUT2D eigenvalue weighted by atomic mass is 10.2. The summed E-state index contributed by atoms with van der Waals surface area (Å²) >= 11 is 5.85. The van der Waals surface area contributed by atoms with Gasteiger partial charge in [0, 0.05) is 10.6 Å². The second-order valence-electron chi connectivity index (χ2n) is 4.14. The summed E-state index contributed by atoms with van der Waals surface area (Å²) < 4.78 is 5.85. The highest BCUT2D eigenvalue weighted by molar-refractivity contribution is 6.30. The molecule has 0 atom stereocenters. The number of rotatable bonds is 5. The maximum atomic E-state index is 5.85. The van der Waals surface area contributed by atoms with Gasteiger partial charge >= 0.3 is 0 Å². The predicted octanol–water partition coefficient (Wildman–Crippen LogP) is 2.61. The van der Waals surface area contributed by atoms with E-state index in [1.54, 1.807) is 0 Å². The summed E-state index contributed by atoms with van der Waals surface area (Å²) in [5.74, 6) is 0.950. The molecular formula is C15H17ClNO+. The van der Waals surface area contributed by atoms with Crippen LogP contribution in [0.2, 0.25) is 5.02 Å². The molecule has 0 heterocycles. The number of nitrogens with two attached hydrogens (primary N) is 1. The maximum absolute atomic E-state index is 5.85. The molecule has 2 rings (SSSR count). The quantitative estimate of drug-likeness (QED) is 0.881. The molecule has 2 N–H and O–H groups in total. The van der Waals surface area contributed by atoms with Crippen molar-refractivity contribution in [2.45, 2.75) is 13.2 Å². The van der Waals surface area contributed by atoms with Crippen LogP contribution in [0, 0.1) is 0 Å². The van der Waals surface area contributed by atoms with Gasteiger partial charge in [0.1, 0.15) is 18.9 Å². The summed E-state index contributed by atoms with van der Waals surface area (Å²) in [6.07, 6.45) is 0. The lowest BCUT2D eigenvalue weighted by Crippen LogP contribution is -2.77. The van der Waals surface area contributed by atoms with Gasteiger partial charge in [0.25, 0.3) is 0 Å². The SMILES string of the molecule is C[NH2+]Cc1ccccc1OCc1ccc(Cl)cc1. The number of halogens is 1. The zero-order valence-electron chi connectivity index (χ0n) is 10.4. The Bertz CT molecular complexity index is 496.